The third kappa shape index (κ3) is 3.05. The highest BCUT2D eigenvalue weighted by molar-refractivity contribution is 7.18. The molecule has 1 aromatic carbocycles. The zero-order valence-corrected chi connectivity index (χ0v) is 13.7. The molecule has 0 aliphatic carbocycles. The molecule has 1 aliphatic heterocycles. The Morgan fingerprint density at radius 2 is 2.14 bits per heavy atom. The van der Waals surface area contributed by atoms with E-state index in [9.17, 15) is 0 Å². The molecule has 0 amide bonds. The molecule has 6 heteroatoms. The average Bonchev–Trinajstić information content (AvgIpc) is 2.98. The minimum absolute atomic E-state index is 0.256. The van der Waals surface area contributed by atoms with Crippen molar-refractivity contribution in [2.24, 2.45) is 5.92 Å². The lowest BCUT2D eigenvalue weighted by Crippen LogP contribution is -2.43. The van der Waals surface area contributed by atoms with Crippen LogP contribution < -0.4 is 4.90 Å². The van der Waals surface area contributed by atoms with Crippen LogP contribution in [-0.4, -0.2) is 36.5 Å². The monoisotopic (exact) mass is 323 g/mol. The van der Waals surface area contributed by atoms with Crippen molar-refractivity contribution in [3.63, 3.8) is 0 Å². The van der Waals surface area contributed by atoms with E-state index in [1.54, 1.807) is 18.4 Å². The molecule has 21 heavy (non-hydrogen) atoms. The zero-order chi connectivity index (χ0) is 14.8. The maximum absolute atomic E-state index is 6.22. The molecule has 3 rings (SSSR count). The first-order valence-electron chi connectivity index (χ1n) is 7.05. The number of halogens is 1. The second-order valence-electron chi connectivity index (χ2n) is 5.36. The van der Waals surface area contributed by atoms with Crippen molar-refractivity contribution >= 4 is 28.1 Å². The highest BCUT2D eigenvalue weighted by Crippen LogP contribution is 2.34. The Labute approximate surface area is 133 Å². The van der Waals surface area contributed by atoms with E-state index < -0.39 is 0 Å². The summed E-state index contributed by atoms with van der Waals surface area (Å²) in [6, 6.07) is 7.74. The van der Waals surface area contributed by atoms with Crippen molar-refractivity contribution in [2.75, 3.05) is 25.1 Å². The fourth-order valence-electron chi connectivity index (χ4n) is 2.60. The molecule has 0 N–H and O–H groups in total. The topological polar surface area (TPSA) is 38.2 Å². The van der Waals surface area contributed by atoms with Gasteiger partial charge in [0.05, 0.1) is 11.1 Å². The van der Waals surface area contributed by atoms with Crippen molar-refractivity contribution < 1.29 is 4.74 Å². The minimum atomic E-state index is 0.256. The van der Waals surface area contributed by atoms with Gasteiger partial charge < -0.3 is 9.64 Å². The molecule has 0 radical (unpaired) electrons. The van der Waals surface area contributed by atoms with Gasteiger partial charge in [-0.05, 0) is 18.4 Å². The molecule has 1 aliphatic rings. The molecule has 1 saturated heterocycles. The Balaban J connectivity index is 1.81. The van der Waals surface area contributed by atoms with Crippen LogP contribution in [0.4, 0.5) is 5.13 Å². The van der Waals surface area contributed by atoms with Gasteiger partial charge in [0.2, 0.25) is 5.13 Å². The van der Waals surface area contributed by atoms with Crippen molar-refractivity contribution in [1.29, 1.82) is 0 Å². The highest BCUT2D eigenvalue weighted by Gasteiger charge is 2.28. The molecule has 2 atom stereocenters. The van der Waals surface area contributed by atoms with Crippen LogP contribution in [0.1, 0.15) is 13.3 Å². The Morgan fingerprint density at radius 3 is 2.90 bits per heavy atom. The Morgan fingerprint density at radius 1 is 1.33 bits per heavy atom. The summed E-state index contributed by atoms with van der Waals surface area (Å²) >= 11 is 7.81. The van der Waals surface area contributed by atoms with Gasteiger partial charge in [-0.25, -0.2) is 0 Å². The van der Waals surface area contributed by atoms with Crippen LogP contribution in [0.15, 0.2) is 24.3 Å². The predicted molar refractivity (Wildman–Crippen MR) is 87.1 cm³/mol. The number of rotatable bonds is 3. The lowest BCUT2D eigenvalue weighted by atomic mass is 9.96. The molecule has 0 bridgehead atoms. The molecule has 2 heterocycles. The van der Waals surface area contributed by atoms with Gasteiger partial charge in [0.1, 0.15) is 0 Å². The van der Waals surface area contributed by atoms with E-state index >= 15 is 0 Å². The number of ether oxygens (including phenoxy) is 1. The van der Waals surface area contributed by atoms with Crippen molar-refractivity contribution in [3.05, 3.63) is 29.3 Å². The summed E-state index contributed by atoms with van der Waals surface area (Å²) < 4.78 is 5.56. The first-order chi connectivity index (χ1) is 10.2. The van der Waals surface area contributed by atoms with E-state index in [0.717, 1.165) is 35.2 Å². The van der Waals surface area contributed by atoms with Gasteiger partial charge >= 0.3 is 0 Å². The summed E-state index contributed by atoms with van der Waals surface area (Å²) in [6.45, 7) is 4.10. The second kappa shape index (κ2) is 6.30. The molecule has 0 saturated carbocycles. The Kier molecular flexibility index (Phi) is 4.42. The number of anilines is 1. The average molecular weight is 324 g/mol. The number of hydrogen-bond donors (Lipinski definition) is 0. The van der Waals surface area contributed by atoms with Crippen molar-refractivity contribution in [2.45, 2.75) is 19.4 Å². The minimum Gasteiger partial charge on any atom is -0.379 e. The van der Waals surface area contributed by atoms with Gasteiger partial charge in [0, 0.05) is 25.8 Å². The van der Waals surface area contributed by atoms with Gasteiger partial charge in [0.25, 0.3) is 0 Å². The summed E-state index contributed by atoms with van der Waals surface area (Å²) in [7, 11) is 1.78. The van der Waals surface area contributed by atoms with E-state index in [2.05, 4.69) is 22.0 Å². The summed E-state index contributed by atoms with van der Waals surface area (Å²) in [5, 5.41) is 11.1. The highest BCUT2D eigenvalue weighted by atomic mass is 35.5. The largest absolute Gasteiger partial charge is 0.379 e. The smallest absolute Gasteiger partial charge is 0.208 e. The third-order valence-corrected chi connectivity index (χ3v) is 5.33. The number of benzene rings is 1. The molecule has 112 valence electrons. The third-order valence-electron chi connectivity index (χ3n) is 3.98. The fourth-order valence-corrected chi connectivity index (χ4v) is 3.80. The lowest BCUT2D eigenvalue weighted by molar-refractivity contribution is 0.0498. The van der Waals surface area contributed by atoms with Crippen LogP contribution in [0.25, 0.3) is 10.6 Å². The van der Waals surface area contributed by atoms with Crippen LogP contribution >= 0.6 is 22.9 Å². The van der Waals surface area contributed by atoms with Gasteiger partial charge in [-0.15, -0.1) is 10.2 Å². The standard InChI is InChI=1S/C15H18ClN3OS/c1-10-7-8-19(9-13(10)20-2)15-18-17-14(21-15)11-5-3-4-6-12(11)16/h3-6,10,13H,7-9H2,1-2H3. The van der Waals surface area contributed by atoms with Gasteiger partial charge in [0.15, 0.2) is 5.01 Å². The number of methoxy groups -OCH3 is 1. The van der Waals surface area contributed by atoms with Gasteiger partial charge in [-0.3, -0.25) is 0 Å². The van der Waals surface area contributed by atoms with Crippen molar-refractivity contribution in [3.8, 4) is 10.6 Å². The molecule has 2 unspecified atom stereocenters. The fraction of sp³-hybridized carbons (Fsp3) is 0.467. The van der Waals surface area contributed by atoms with Crippen LogP contribution in [0.3, 0.4) is 0 Å². The maximum atomic E-state index is 6.22. The van der Waals surface area contributed by atoms with Crippen molar-refractivity contribution in [1.82, 2.24) is 10.2 Å². The normalized spacial score (nSPS) is 22.5. The lowest BCUT2D eigenvalue weighted by Gasteiger charge is -2.35. The molecule has 2 aromatic rings. The first kappa shape index (κ1) is 14.8. The van der Waals surface area contributed by atoms with E-state index in [1.165, 1.54) is 0 Å². The van der Waals surface area contributed by atoms with Crippen LogP contribution in [0.2, 0.25) is 5.02 Å². The quantitative estimate of drug-likeness (QED) is 0.863. The Hall–Kier alpha value is -1.17. The molecular formula is C15H18ClN3OS. The Bertz CT molecular complexity index is 618. The maximum Gasteiger partial charge on any atom is 0.208 e. The van der Waals surface area contributed by atoms with Crippen LogP contribution in [-0.2, 0) is 4.74 Å². The van der Waals surface area contributed by atoms with Crippen LogP contribution in [0.5, 0.6) is 0 Å². The summed E-state index contributed by atoms with van der Waals surface area (Å²) in [6.07, 6.45) is 1.37. The molecular weight excluding hydrogens is 306 g/mol. The molecule has 0 spiro atoms. The van der Waals surface area contributed by atoms with E-state index in [4.69, 9.17) is 16.3 Å². The number of piperidine rings is 1. The predicted octanol–water partition coefficient (Wildman–Crippen LogP) is 3.72. The number of nitrogens with zero attached hydrogens (tertiary/aromatic N) is 3. The number of hydrogen-bond acceptors (Lipinski definition) is 5. The van der Waals surface area contributed by atoms with Gasteiger partial charge in [-0.1, -0.05) is 48.1 Å². The zero-order valence-electron chi connectivity index (χ0n) is 12.1. The van der Waals surface area contributed by atoms with Crippen LogP contribution in [0, 0.1) is 5.92 Å². The van der Waals surface area contributed by atoms with E-state index in [0.29, 0.717) is 10.9 Å². The summed E-state index contributed by atoms with van der Waals surface area (Å²) in [5.74, 6) is 0.585. The van der Waals surface area contributed by atoms with E-state index in [-0.39, 0.29) is 6.10 Å². The first-order valence-corrected chi connectivity index (χ1v) is 8.24. The molecule has 1 fully saturated rings. The van der Waals surface area contributed by atoms with Gasteiger partial charge in [-0.2, -0.15) is 0 Å². The second-order valence-corrected chi connectivity index (χ2v) is 6.72. The SMILES string of the molecule is COC1CN(c2nnc(-c3ccccc3Cl)s2)CCC1C. The number of aromatic nitrogens is 2. The summed E-state index contributed by atoms with van der Waals surface area (Å²) in [5.41, 5.74) is 0.941. The molecule has 1 aromatic heterocycles. The van der Waals surface area contributed by atoms with E-state index in [1.807, 2.05) is 24.3 Å². The molecule has 4 nitrogen and oxygen atoms in total. The summed E-state index contributed by atoms with van der Waals surface area (Å²) in [4.78, 5) is 2.26.